The average Bonchev–Trinajstić information content (AvgIpc) is 2.43. The second kappa shape index (κ2) is 6.24. The van der Waals surface area contributed by atoms with Gasteiger partial charge in [0.25, 0.3) is 5.91 Å². The minimum atomic E-state index is -0.210. The Hall–Kier alpha value is -1.59. The van der Waals surface area contributed by atoms with E-state index in [-0.39, 0.29) is 11.1 Å². The fourth-order valence-electron chi connectivity index (χ4n) is 1.76. The average molecular weight is 355 g/mol. The minimum absolute atomic E-state index is 0.159. The molecule has 0 atom stereocenters. The van der Waals surface area contributed by atoms with Crippen LogP contribution in [0.25, 0.3) is 0 Å². The number of nitrogens with two attached hydrogens (primary N) is 1. The Bertz CT molecular complexity index is 631. The van der Waals surface area contributed by atoms with E-state index in [0.717, 1.165) is 10.0 Å². The number of hydrogen-bond donors (Lipinski definition) is 1. The summed E-state index contributed by atoms with van der Waals surface area (Å²) in [5.41, 5.74) is 7.39. The fraction of sp³-hybridized carbons (Fsp3) is 0.143. The van der Waals surface area contributed by atoms with Gasteiger partial charge in [-0.1, -0.05) is 39.7 Å². The number of pyridine rings is 1. The molecule has 0 unspecified atom stereocenters. The topological polar surface area (TPSA) is 59.2 Å². The summed E-state index contributed by atoms with van der Waals surface area (Å²) < 4.78 is 0.998. The predicted molar refractivity (Wildman–Crippen MR) is 83.6 cm³/mol. The van der Waals surface area contributed by atoms with Gasteiger partial charge in [-0.3, -0.25) is 4.79 Å². The molecule has 0 saturated carbocycles. The van der Waals surface area contributed by atoms with E-state index in [1.165, 1.54) is 12.3 Å². The van der Waals surface area contributed by atoms with Crippen molar-refractivity contribution in [1.82, 2.24) is 9.88 Å². The summed E-state index contributed by atoms with van der Waals surface area (Å²) in [6, 6.07) is 9.31. The maximum absolute atomic E-state index is 12.3. The van der Waals surface area contributed by atoms with Crippen molar-refractivity contribution in [2.75, 3.05) is 12.8 Å². The van der Waals surface area contributed by atoms with Crippen LogP contribution in [0, 0.1) is 0 Å². The molecule has 1 heterocycles. The first kappa shape index (κ1) is 14.8. The number of carbonyl (C=O) groups excluding carboxylic acids is 1. The first-order chi connectivity index (χ1) is 9.47. The molecule has 1 aromatic carbocycles. The molecule has 0 fully saturated rings. The van der Waals surface area contributed by atoms with Crippen LogP contribution in [0.3, 0.4) is 0 Å². The van der Waals surface area contributed by atoms with Crippen LogP contribution in [0.15, 0.2) is 41.0 Å². The molecular formula is C14H13BrClN3O. The van der Waals surface area contributed by atoms with E-state index in [1.54, 1.807) is 11.9 Å². The van der Waals surface area contributed by atoms with Crippen LogP contribution in [-0.4, -0.2) is 22.8 Å². The molecule has 0 saturated heterocycles. The monoisotopic (exact) mass is 353 g/mol. The zero-order chi connectivity index (χ0) is 14.7. The number of halogens is 2. The largest absolute Gasteiger partial charge is 0.397 e. The first-order valence-electron chi connectivity index (χ1n) is 5.88. The van der Waals surface area contributed by atoms with Crippen molar-refractivity contribution in [3.8, 4) is 0 Å². The van der Waals surface area contributed by atoms with Gasteiger partial charge in [0.05, 0.1) is 17.4 Å². The normalized spacial score (nSPS) is 10.3. The highest BCUT2D eigenvalue weighted by atomic mass is 79.9. The number of amides is 1. The summed E-state index contributed by atoms with van der Waals surface area (Å²) in [6.07, 6.45) is 1.42. The lowest BCUT2D eigenvalue weighted by Gasteiger charge is -2.18. The Balaban J connectivity index is 2.16. The second-order valence-corrected chi connectivity index (χ2v) is 5.67. The summed E-state index contributed by atoms with van der Waals surface area (Å²) in [7, 11) is 1.71. The standard InChI is InChI=1S/C14H13BrClN3O/c1-19(8-9-2-4-10(15)5-3-9)14(20)12-6-11(17)7-18-13(12)16/h2-7H,8,17H2,1H3. The van der Waals surface area contributed by atoms with Gasteiger partial charge in [0.15, 0.2) is 0 Å². The van der Waals surface area contributed by atoms with Crippen LogP contribution < -0.4 is 5.73 Å². The number of nitrogen functional groups attached to an aromatic ring is 1. The van der Waals surface area contributed by atoms with Crippen molar-refractivity contribution >= 4 is 39.1 Å². The molecule has 0 aliphatic rings. The lowest BCUT2D eigenvalue weighted by Crippen LogP contribution is -2.26. The van der Waals surface area contributed by atoms with Gasteiger partial charge in [-0.2, -0.15) is 0 Å². The highest BCUT2D eigenvalue weighted by Crippen LogP contribution is 2.18. The van der Waals surface area contributed by atoms with Gasteiger partial charge in [0, 0.05) is 18.1 Å². The lowest BCUT2D eigenvalue weighted by molar-refractivity contribution is 0.0785. The molecule has 104 valence electrons. The quantitative estimate of drug-likeness (QED) is 0.860. The third-order valence-corrected chi connectivity index (χ3v) is 3.60. The van der Waals surface area contributed by atoms with Gasteiger partial charge >= 0.3 is 0 Å². The highest BCUT2D eigenvalue weighted by Gasteiger charge is 2.16. The van der Waals surface area contributed by atoms with Gasteiger partial charge in [0.1, 0.15) is 5.15 Å². The number of rotatable bonds is 3. The summed E-state index contributed by atoms with van der Waals surface area (Å²) in [6.45, 7) is 0.483. The summed E-state index contributed by atoms with van der Waals surface area (Å²) in [5.74, 6) is -0.210. The van der Waals surface area contributed by atoms with E-state index in [0.29, 0.717) is 17.8 Å². The molecule has 0 radical (unpaired) electrons. The molecule has 20 heavy (non-hydrogen) atoms. The summed E-state index contributed by atoms with van der Waals surface area (Å²) in [4.78, 5) is 17.8. The lowest BCUT2D eigenvalue weighted by atomic mass is 10.2. The van der Waals surface area contributed by atoms with Crippen molar-refractivity contribution in [3.05, 3.63) is 57.3 Å². The predicted octanol–water partition coefficient (Wildman–Crippen LogP) is 3.35. The van der Waals surface area contributed by atoms with Crippen LogP contribution in [0.5, 0.6) is 0 Å². The summed E-state index contributed by atoms with van der Waals surface area (Å²) in [5, 5.41) is 0.159. The van der Waals surface area contributed by atoms with Gasteiger partial charge < -0.3 is 10.6 Å². The van der Waals surface area contributed by atoms with Crippen molar-refractivity contribution < 1.29 is 4.79 Å². The molecule has 0 spiro atoms. The molecule has 2 rings (SSSR count). The molecule has 2 N–H and O–H groups in total. The molecule has 0 bridgehead atoms. The molecule has 0 aliphatic heterocycles. The van der Waals surface area contributed by atoms with Crippen molar-refractivity contribution in [3.63, 3.8) is 0 Å². The van der Waals surface area contributed by atoms with E-state index < -0.39 is 0 Å². The van der Waals surface area contributed by atoms with Crippen LogP contribution in [-0.2, 0) is 6.54 Å². The Kier molecular flexibility index (Phi) is 4.62. The van der Waals surface area contributed by atoms with Gasteiger partial charge in [-0.15, -0.1) is 0 Å². The number of benzene rings is 1. The highest BCUT2D eigenvalue weighted by molar-refractivity contribution is 9.10. The summed E-state index contributed by atoms with van der Waals surface area (Å²) >= 11 is 9.31. The third kappa shape index (κ3) is 3.49. The maximum Gasteiger partial charge on any atom is 0.257 e. The molecule has 1 amide bonds. The second-order valence-electron chi connectivity index (χ2n) is 4.39. The number of anilines is 1. The first-order valence-corrected chi connectivity index (χ1v) is 7.05. The Morgan fingerprint density at radius 2 is 2.05 bits per heavy atom. The van der Waals surface area contributed by atoms with E-state index in [9.17, 15) is 4.79 Å². The smallest absolute Gasteiger partial charge is 0.257 e. The van der Waals surface area contributed by atoms with Crippen LogP contribution in [0.1, 0.15) is 15.9 Å². The van der Waals surface area contributed by atoms with Crippen LogP contribution >= 0.6 is 27.5 Å². The molecular weight excluding hydrogens is 342 g/mol. The van der Waals surface area contributed by atoms with E-state index in [4.69, 9.17) is 17.3 Å². The molecule has 6 heteroatoms. The Morgan fingerprint density at radius 3 is 2.70 bits per heavy atom. The molecule has 2 aromatic rings. The Morgan fingerprint density at radius 1 is 1.40 bits per heavy atom. The SMILES string of the molecule is CN(Cc1ccc(Br)cc1)C(=O)c1cc(N)cnc1Cl. The van der Waals surface area contributed by atoms with E-state index >= 15 is 0 Å². The van der Waals surface area contributed by atoms with Gasteiger partial charge in [-0.25, -0.2) is 4.98 Å². The zero-order valence-corrected chi connectivity index (χ0v) is 13.1. The number of aromatic nitrogens is 1. The Labute approximate surface area is 130 Å². The third-order valence-electron chi connectivity index (χ3n) is 2.77. The number of nitrogens with zero attached hydrogens (tertiary/aromatic N) is 2. The maximum atomic E-state index is 12.3. The van der Waals surface area contributed by atoms with Crippen LogP contribution in [0.2, 0.25) is 5.15 Å². The number of carbonyl (C=O) groups is 1. The van der Waals surface area contributed by atoms with Crippen LogP contribution in [0.4, 0.5) is 5.69 Å². The van der Waals surface area contributed by atoms with Gasteiger partial charge in [0.2, 0.25) is 0 Å². The zero-order valence-electron chi connectivity index (χ0n) is 10.8. The fourth-order valence-corrected chi connectivity index (χ4v) is 2.20. The molecule has 0 aliphatic carbocycles. The van der Waals surface area contributed by atoms with E-state index in [2.05, 4.69) is 20.9 Å². The van der Waals surface area contributed by atoms with Crippen molar-refractivity contribution in [2.45, 2.75) is 6.54 Å². The van der Waals surface area contributed by atoms with Crippen molar-refractivity contribution in [2.24, 2.45) is 0 Å². The van der Waals surface area contributed by atoms with Crippen molar-refractivity contribution in [1.29, 1.82) is 0 Å². The van der Waals surface area contributed by atoms with E-state index in [1.807, 2.05) is 24.3 Å². The molecule has 1 aromatic heterocycles. The van der Waals surface area contributed by atoms with Gasteiger partial charge in [-0.05, 0) is 23.8 Å². The molecule has 4 nitrogen and oxygen atoms in total. The number of hydrogen-bond acceptors (Lipinski definition) is 3. The minimum Gasteiger partial charge on any atom is -0.397 e.